The number of nitrogens with zero attached hydrogens (tertiary/aromatic N) is 2. The Bertz CT molecular complexity index is 589. The lowest BCUT2D eigenvalue weighted by atomic mass is 9.96. The van der Waals surface area contributed by atoms with Crippen molar-refractivity contribution in [2.45, 2.75) is 12.6 Å². The Morgan fingerprint density at radius 1 is 1.39 bits per heavy atom. The van der Waals surface area contributed by atoms with Gasteiger partial charge in [-0.25, -0.2) is 0 Å². The van der Waals surface area contributed by atoms with Crippen LogP contribution in [0, 0.1) is 11.8 Å². The first-order valence-corrected chi connectivity index (χ1v) is 6.78. The standard InChI is InChI=1S/C14H15F3N2O4/c1-23-9-3-2-8(18-5-9)4-12(20)19-6-10(13(21)22)11(7-19)14(15,16)17/h2-3,5,10-11H,4,6-7H2,1H3,(H,21,22)/t10-,11-/m1/s1. The Morgan fingerprint density at radius 3 is 2.52 bits per heavy atom. The number of carbonyl (C=O) groups is 2. The van der Waals surface area contributed by atoms with E-state index in [-0.39, 0.29) is 6.42 Å². The lowest BCUT2D eigenvalue weighted by Crippen LogP contribution is -2.34. The minimum atomic E-state index is -4.66. The summed E-state index contributed by atoms with van der Waals surface area (Å²) in [7, 11) is 1.45. The molecule has 0 aromatic carbocycles. The number of alkyl halides is 3. The highest BCUT2D eigenvalue weighted by Gasteiger charge is 2.53. The molecule has 1 N–H and O–H groups in total. The van der Waals surface area contributed by atoms with E-state index < -0.39 is 43.0 Å². The third-order valence-corrected chi connectivity index (χ3v) is 3.78. The highest BCUT2D eigenvalue weighted by Crippen LogP contribution is 2.37. The molecule has 6 nitrogen and oxygen atoms in total. The molecule has 23 heavy (non-hydrogen) atoms. The molecule has 1 aromatic heterocycles. The van der Waals surface area contributed by atoms with Crippen LogP contribution >= 0.6 is 0 Å². The van der Waals surface area contributed by atoms with Crippen molar-refractivity contribution in [3.8, 4) is 5.75 Å². The van der Waals surface area contributed by atoms with Gasteiger partial charge in [0.15, 0.2) is 0 Å². The summed E-state index contributed by atoms with van der Waals surface area (Å²) in [4.78, 5) is 28.0. The van der Waals surface area contributed by atoms with Crippen molar-refractivity contribution in [2.24, 2.45) is 11.8 Å². The molecule has 1 amide bonds. The molecule has 1 aliphatic heterocycles. The molecule has 0 saturated carbocycles. The molecule has 1 fully saturated rings. The van der Waals surface area contributed by atoms with Gasteiger partial charge in [-0.05, 0) is 12.1 Å². The fourth-order valence-corrected chi connectivity index (χ4v) is 2.49. The van der Waals surface area contributed by atoms with E-state index in [0.717, 1.165) is 4.90 Å². The number of halogens is 3. The van der Waals surface area contributed by atoms with Crippen molar-refractivity contribution in [1.82, 2.24) is 9.88 Å². The number of hydrogen-bond donors (Lipinski definition) is 1. The topological polar surface area (TPSA) is 79.7 Å². The zero-order valence-electron chi connectivity index (χ0n) is 12.2. The lowest BCUT2D eigenvalue weighted by molar-refractivity contribution is -0.188. The number of carboxylic acid groups (broad SMARTS) is 1. The minimum absolute atomic E-state index is 0.194. The van der Waals surface area contributed by atoms with Crippen molar-refractivity contribution in [3.05, 3.63) is 24.0 Å². The summed E-state index contributed by atoms with van der Waals surface area (Å²) in [6.45, 7) is -1.09. The molecular weight excluding hydrogens is 317 g/mol. The van der Waals surface area contributed by atoms with E-state index in [1.54, 1.807) is 6.07 Å². The fraction of sp³-hybridized carbons (Fsp3) is 0.500. The van der Waals surface area contributed by atoms with Gasteiger partial charge in [0, 0.05) is 18.8 Å². The monoisotopic (exact) mass is 332 g/mol. The van der Waals surface area contributed by atoms with E-state index in [1.165, 1.54) is 19.4 Å². The van der Waals surface area contributed by atoms with Crippen molar-refractivity contribution < 1.29 is 32.6 Å². The summed E-state index contributed by atoms with van der Waals surface area (Å²) >= 11 is 0. The summed E-state index contributed by atoms with van der Waals surface area (Å²) in [6.07, 6.45) is -3.46. The molecule has 126 valence electrons. The van der Waals surface area contributed by atoms with Gasteiger partial charge in [0.05, 0.1) is 31.6 Å². The van der Waals surface area contributed by atoms with E-state index in [9.17, 15) is 22.8 Å². The number of likely N-dealkylation sites (tertiary alicyclic amines) is 1. The SMILES string of the molecule is COc1ccc(CC(=O)N2C[C@@H](C(F)(F)F)[C@H](C(=O)O)C2)nc1. The van der Waals surface area contributed by atoms with E-state index >= 15 is 0 Å². The predicted molar refractivity (Wildman–Crippen MR) is 71.7 cm³/mol. The maximum absolute atomic E-state index is 12.9. The number of rotatable bonds is 4. The molecule has 0 unspecified atom stereocenters. The van der Waals surface area contributed by atoms with E-state index in [4.69, 9.17) is 9.84 Å². The van der Waals surface area contributed by atoms with Gasteiger partial charge >= 0.3 is 12.1 Å². The molecule has 2 rings (SSSR count). The average molecular weight is 332 g/mol. The molecule has 0 bridgehead atoms. The Morgan fingerprint density at radius 2 is 2.09 bits per heavy atom. The number of hydrogen-bond acceptors (Lipinski definition) is 4. The second-order valence-electron chi connectivity index (χ2n) is 5.26. The van der Waals surface area contributed by atoms with Gasteiger partial charge in [0.1, 0.15) is 5.75 Å². The van der Waals surface area contributed by atoms with Crippen LogP contribution in [0.3, 0.4) is 0 Å². The van der Waals surface area contributed by atoms with Gasteiger partial charge in [-0.3, -0.25) is 14.6 Å². The number of methoxy groups -OCH3 is 1. The zero-order valence-corrected chi connectivity index (χ0v) is 12.2. The van der Waals surface area contributed by atoms with Crippen LogP contribution < -0.4 is 4.74 Å². The van der Waals surface area contributed by atoms with Gasteiger partial charge in [-0.2, -0.15) is 13.2 Å². The van der Waals surface area contributed by atoms with Gasteiger partial charge in [-0.1, -0.05) is 0 Å². The van der Waals surface area contributed by atoms with Crippen molar-refractivity contribution in [3.63, 3.8) is 0 Å². The zero-order chi connectivity index (χ0) is 17.2. The fourth-order valence-electron chi connectivity index (χ4n) is 2.49. The first kappa shape index (κ1) is 17.0. The number of aromatic nitrogens is 1. The smallest absolute Gasteiger partial charge is 0.394 e. The number of carboxylic acids is 1. The Balaban J connectivity index is 2.06. The van der Waals surface area contributed by atoms with Crippen LogP contribution in [0.4, 0.5) is 13.2 Å². The number of pyridine rings is 1. The van der Waals surface area contributed by atoms with Crippen LogP contribution in [0.15, 0.2) is 18.3 Å². The summed E-state index contributed by atoms with van der Waals surface area (Å²) < 4.78 is 43.6. The highest BCUT2D eigenvalue weighted by atomic mass is 19.4. The van der Waals surface area contributed by atoms with Crippen molar-refractivity contribution >= 4 is 11.9 Å². The third kappa shape index (κ3) is 3.91. The van der Waals surface area contributed by atoms with Crippen molar-refractivity contribution in [2.75, 3.05) is 20.2 Å². The Hall–Kier alpha value is -2.32. The van der Waals surface area contributed by atoms with Crippen LogP contribution in [0.1, 0.15) is 5.69 Å². The minimum Gasteiger partial charge on any atom is -0.495 e. The normalized spacial score (nSPS) is 21.3. The summed E-state index contributed by atoms with van der Waals surface area (Å²) in [6, 6.07) is 3.11. The molecule has 1 aliphatic rings. The van der Waals surface area contributed by atoms with Crippen LogP contribution in [0.2, 0.25) is 0 Å². The highest BCUT2D eigenvalue weighted by molar-refractivity contribution is 5.80. The van der Waals surface area contributed by atoms with Gasteiger partial charge in [-0.15, -0.1) is 0 Å². The number of aliphatic carboxylic acids is 1. The van der Waals surface area contributed by atoms with Crippen LogP contribution in [-0.4, -0.2) is 53.2 Å². The number of amides is 1. The number of carbonyl (C=O) groups excluding carboxylic acids is 1. The first-order chi connectivity index (χ1) is 10.7. The molecule has 9 heteroatoms. The molecule has 0 spiro atoms. The Labute approximate surface area is 129 Å². The van der Waals surface area contributed by atoms with Crippen LogP contribution in [0.5, 0.6) is 5.75 Å². The van der Waals surface area contributed by atoms with Gasteiger partial charge < -0.3 is 14.7 Å². The number of ether oxygens (including phenoxy) is 1. The van der Waals surface area contributed by atoms with E-state index in [1.807, 2.05) is 0 Å². The molecule has 2 atom stereocenters. The first-order valence-electron chi connectivity index (χ1n) is 6.78. The average Bonchev–Trinajstić information content (AvgIpc) is 2.93. The van der Waals surface area contributed by atoms with Crippen LogP contribution in [0.25, 0.3) is 0 Å². The molecule has 1 aromatic rings. The van der Waals surface area contributed by atoms with Crippen LogP contribution in [-0.2, 0) is 16.0 Å². The van der Waals surface area contributed by atoms with Crippen molar-refractivity contribution in [1.29, 1.82) is 0 Å². The molecule has 0 radical (unpaired) electrons. The Kier molecular flexibility index (Phi) is 4.76. The quantitative estimate of drug-likeness (QED) is 0.900. The molecular formula is C14H15F3N2O4. The second-order valence-corrected chi connectivity index (χ2v) is 5.26. The third-order valence-electron chi connectivity index (χ3n) is 3.78. The molecule has 0 aliphatic carbocycles. The maximum atomic E-state index is 12.9. The molecule has 2 heterocycles. The van der Waals surface area contributed by atoms with Gasteiger partial charge in [0.2, 0.25) is 5.91 Å². The summed E-state index contributed by atoms with van der Waals surface area (Å²) in [5, 5.41) is 8.93. The second kappa shape index (κ2) is 6.43. The van der Waals surface area contributed by atoms with Gasteiger partial charge in [0.25, 0.3) is 0 Å². The van der Waals surface area contributed by atoms with E-state index in [2.05, 4.69) is 4.98 Å². The largest absolute Gasteiger partial charge is 0.495 e. The summed E-state index contributed by atoms with van der Waals surface area (Å²) in [5.41, 5.74) is 0.373. The molecule has 1 saturated heterocycles. The lowest BCUT2D eigenvalue weighted by Gasteiger charge is -2.18. The van der Waals surface area contributed by atoms with E-state index in [0.29, 0.717) is 11.4 Å². The summed E-state index contributed by atoms with van der Waals surface area (Å²) in [5.74, 6) is -5.33. The predicted octanol–water partition coefficient (Wildman–Crippen LogP) is 1.35. The maximum Gasteiger partial charge on any atom is 0.394 e.